The van der Waals surface area contributed by atoms with Crippen LogP contribution in [-0.2, 0) is 19.0 Å². The summed E-state index contributed by atoms with van der Waals surface area (Å²) < 4.78 is 16.2. The molecule has 0 aromatic heterocycles. The second kappa shape index (κ2) is 2.42. The van der Waals surface area contributed by atoms with Gasteiger partial charge in [0.2, 0.25) is 6.29 Å². The number of carbonyl (C=O) groups excluding carboxylic acids is 1. The number of rotatable bonds is 1. The van der Waals surface area contributed by atoms with Gasteiger partial charge in [-0.15, -0.1) is 0 Å². The van der Waals surface area contributed by atoms with Gasteiger partial charge in [0.25, 0.3) is 0 Å². The topological polar surface area (TPSA) is 65.0 Å². The van der Waals surface area contributed by atoms with E-state index in [2.05, 4.69) is 0 Å². The zero-order valence-corrected chi connectivity index (χ0v) is 7.83. The minimum absolute atomic E-state index is 0.00134. The molecule has 0 spiro atoms. The summed E-state index contributed by atoms with van der Waals surface area (Å²) in [5.41, 5.74) is 0.880. The molecule has 4 aliphatic heterocycles. The number of carbonyl (C=O) groups is 1. The molecule has 5 nitrogen and oxygen atoms in total. The Morgan fingerprint density at radius 1 is 1.27 bits per heavy atom. The van der Waals surface area contributed by atoms with Crippen molar-refractivity contribution in [2.75, 3.05) is 6.61 Å². The first kappa shape index (κ1) is 8.27. The molecule has 5 rings (SSSR count). The fourth-order valence-electron chi connectivity index (χ4n) is 3.27. The molecule has 5 aliphatic rings. The van der Waals surface area contributed by atoms with Crippen molar-refractivity contribution in [1.82, 2.24) is 0 Å². The number of hydrogen-bond acceptors (Lipinski definition) is 5. The van der Waals surface area contributed by atoms with E-state index >= 15 is 0 Å². The molecule has 6 unspecified atom stereocenters. The van der Waals surface area contributed by atoms with Crippen molar-refractivity contribution in [3.05, 3.63) is 11.6 Å². The van der Waals surface area contributed by atoms with Gasteiger partial charge in [-0.3, -0.25) is 4.79 Å². The van der Waals surface area contributed by atoms with Crippen LogP contribution in [0, 0.1) is 17.8 Å². The summed E-state index contributed by atoms with van der Waals surface area (Å²) in [6.07, 6.45) is 0.854. The van der Waals surface area contributed by atoms with Crippen LogP contribution in [0.5, 0.6) is 0 Å². The Balaban J connectivity index is 1.84. The van der Waals surface area contributed by atoms with E-state index in [4.69, 9.17) is 14.2 Å². The highest BCUT2D eigenvalue weighted by Gasteiger charge is 2.66. The fraction of sp³-hybridized carbons (Fsp3) is 0.700. The van der Waals surface area contributed by atoms with Gasteiger partial charge in [-0.2, -0.15) is 0 Å². The van der Waals surface area contributed by atoms with E-state index < -0.39 is 12.6 Å². The first-order valence-electron chi connectivity index (χ1n) is 5.12. The van der Waals surface area contributed by atoms with Crippen LogP contribution in [0.1, 0.15) is 0 Å². The Morgan fingerprint density at radius 3 is 2.93 bits per heavy atom. The van der Waals surface area contributed by atoms with Crippen molar-refractivity contribution in [2.45, 2.75) is 18.7 Å². The predicted molar refractivity (Wildman–Crippen MR) is 45.3 cm³/mol. The van der Waals surface area contributed by atoms with Crippen LogP contribution in [0.25, 0.3) is 0 Å². The van der Waals surface area contributed by atoms with E-state index in [0.717, 1.165) is 5.57 Å². The summed E-state index contributed by atoms with van der Waals surface area (Å²) in [5, 5.41) is 9.21. The van der Waals surface area contributed by atoms with Gasteiger partial charge >= 0.3 is 5.97 Å². The van der Waals surface area contributed by atoms with Crippen molar-refractivity contribution >= 4 is 5.97 Å². The molecule has 0 aromatic carbocycles. The van der Waals surface area contributed by atoms with E-state index in [9.17, 15) is 9.90 Å². The quantitative estimate of drug-likeness (QED) is 0.462. The van der Waals surface area contributed by atoms with Gasteiger partial charge in [-0.1, -0.05) is 6.08 Å². The van der Waals surface area contributed by atoms with Gasteiger partial charge in [0, 0.05) is 5.92 Å². The van der Waals surface area contributed by atoms with E-state index in [-0.39, 0.29) is 36.4 Å². The summed E-state index contributed by atoms with van der Waals surface area (Å²) in [5.74, 6) is -0.392. The molecule has 1 aliphatic carbocycles. The van der Waals surface area contributed by atoms with Crippen molar-refractivity contribution in [3.63, 3.8) is 0 Å². The van der Waals surface area contributed by atoms with E-state index in [1.54, 1.807) is 0 Å². The molecule has 4 saturated heterocycles. The van der Waals surface area contributed by atoms with E-state index in [1.165, 1.54) is 0 Å². The van der Waals surface area contributed by atoms with Crippen LogP contribution in [0.15, 0.2) is 11.6 Å². The Bertz CT molecular complexity index is 376. The van der Waals surface area contributed by atoms with Crippen LogP contribution in [0.3, 0.4) is 0 Å². The lowest BCUT2D eigenvalue weighted by atomic mass is 9.77. The summed E-state index contributed by atoms with van der Waals surface area (Å²) in [6.45, 7) is -0.0180. The van der Waals surface area contributed by atoms with Gasteiger partial charge in [0.15, 0.2) is 6.29 Å². The molecule has 4 bridgehead atoms. The van der Waals surface area contributed by atoms with Gasteiger partial charge < -0.3 is 19.3 Å². The standard InChI is InChI=1S/C10H10O5/c11-2-3-1-4-6-5(3)9-14-8(12)7(6)10(13-4)15-9/h1,4-7,9-11H,2H2. The molecular formula is C10H10O5. The van der Waals surface area contributed by atoms with Crippen molar-refractivity contribution in [2.24, 2.45) is 17.8 Å². The summed E-state index contributed by atoms with van der Waals surface area (Å²) >= 11 is 0. The highest BCUT2D eigenvalue weighted by atomic mass is 16.8. The van der Waals surface area contributed by atoms with Gasteiger partial charge in [0.1, 0.15) is 5.92 Å². The molecule has 15 heavy (non-hydrogen) atoms. The Hall–Kier alpha value is -0.910. The maximum atomic E-state index is 11.6. The lowest BCUT2D eigenvalue weighted by molar-refractivity contribution is -0.301. The minimum atomic E-state index is -0.552. The molecule has 0 amide bonds. The fourth-order valence-corrected chi connectivity index (χ4v) is 3.27. The third kappa shape index (κ3) is 0.792. The highest BCUT2D eigenvalue weighted by Crippen LogP contribution is 2.56. The third-order valence-electron chi connectivity index (χ3n) is 3.85. The minimum Gasteiger partial charge on any atom is -0.435 e. The number of aliphatic hydroxyl groups excluding tert-OH is 1. The van der Waals surface area contributed by atoms with E-state index in [1.807, 2.05) is 6.08 Å². The van der Waals surface area contributed by atoms with Gasteiger partial charge in [-0.25, -0.2) is 0 Å². The van der Waals surface area contributed by atoms with Crippen LogP contribution in [0.4, 0.5) is 0 Å². The maximum Gasteiger partial charge on any atom is 0.316 e. The average molecular weight is 210 g/mol. The van der Waals surface area contributed by atoms with Crippen LogP contribution < -0.4 is 0 Å². The number of esters is 1. The Morgan fingerprint density at radius 2 is 2.13 bits per heavy atom. The number of aliphatic hydroxyl groups is 1. The first-order valence-corrected chi connectivity index (χ1v) is 5.12. The van der Waals surface area contributed by atoms with Crippen molar-refractivity contribution in [1.29, 1.82) is 0 Å². The smallest absolute Gasteiger partial charge is 0.316 e. The molecule has 0 saturated carbocycles. The summed E-state index contributed by atoms with van der Waals surface area (Å²) in [4.78, 5) is 11.6. The maximum absolute atomic E-state index is 11.6. The molecule has 0 radical (unpaired) electrons. The molecule has 0 aromatic rings. The Labute approximate surface area is 85.6 Å². The van der Waals surface area contributed by atoms with Gasteiger partial charge in [0.05, 0.1) is 18.6 Å². The third-order valence-corrected chi connectivity index (χ3v) is 3.85. The molecule has 1 N–H and O–H groups in total. The second-order valence-electron chi connectivity index (χ2n) is 4.44. The SMILES string of the molecule is O=C1OC2OC3OC4C=C(CO)C2C4C13. The monoisotopic (exact) mass is 210 g/mol. The molecule has 6 atom stereocenters. The van der Waals surface area contributed by atoms with Crippen LogP contribution in [-0.4, -0.2) is 36.4 Å². The van der Waals surface area contributed by atoms with Crippen LogP contribution >= 0.6 is 0 Å². The molecule has 5 heteroatoms. The van der Waals surface area contributed by atoms with Crippen molar-refractivity contribution < 1.29 is 24.1 Å². The largest absolute Gasteiger partial charge is 0.435 e. The molecule has 4 fully saturated rings. The summed E-state index contributed by atoms with van der Waals surface area (Å²) in [6, 6.07) is 0. The zero-order valence-electron chi connectivity index (χ0n) is 7.83. The van der Waals surface area contributed by atoms with Gasteiger partial charge in [-0.05, 0) is 5.57 Å². The molecule has 80 valence electrons. The molecular weight excluding hydrogens is 200 g/mol. The second-order valence-corrected chi connectivity index (χ2v) is 4.44. The summed E-state index contributed by atoms with van der Waals surface area (Å²) in [7, 11) is 0. The normalized spacial score (nSPS) is 54.5. The molecule has 4 heterocycles. The number of hydrogen-bond donors (Lipinski definition) is 1. The highest BCUT2D eigenvalue weighted by molar-refractivity contribution is 5.76. The van der Waals surface area contributed by atoms with Crippen molar-refractivity contribution in [3.8, 4) is 0 Å². The van der Waals surface area contributed by atoms with E-state index in [0.29, 0.717) is 0 Å². The number of fused-ring (bicyclic) bond motifs is 1. The Kier molecular flexibility index (Phi) is 1.34. The first-order chi connectivity index (χ1) is 7.29. The van der Waals surface area contributed by atoms with Crippen LogP contribution in [0.2, 0.25) is 0 Å². The number of ether oxygens (including phenoxy) is 3. The predicted octanol–water partition coefficient (Wildman–Crippen LogP) is -0.595. The average Bonchev–Trinajstić information content (AvgIpc) is 2.68. The lowest BCUT2D eigenvalue weighted by Gasteiger charge is -2.43. The lowest BCUT2D eigenvalue weighted by Crippen LogP contribution is -2.55. The zero-order chi connectivity index (χ0) is 10.2.